The Bertz CT molecular complexity index is 423. The number of carbonyl (C=O) groups excluding carboxylic acids is 1. The normalized spacial score (nSPS) is 19.2. The van der Waals surface area contributed by atoms with E-state index in [1.54, 1.807) is 12.1 Å². The summed E-state index contributed by atoms with van der Waals surface area (Å²) in [6, 6.07) is 4.63. The van der Waals surface area contributed by atoms with Gasteiger partial charge in [0.2, 0.25) is 5.91 Å². The van der Waals surface area contributed by atoms with Crippen molar-refractivity contribution in [3.05, 3.63) is 29.6 Å². The Morgan fingerprint density at radius 3 is 3.00 bits per heavy atom. The average molecular weight is 238 g/mol. The third-order valence-electron chi connectivity index (χ3n) is 2.80. The molecule has 1 aliphatic rings. The van der Waals surface area contributed by atoms with Crippen molar-refractivity contribution < 1.29 is 13.9 Å². The molecular formula is C12H15FN2O2. The molecule has 1 unspecified atom stereocenters. The zero-order valence-corrected chi connectivity index (χ0v) is 9.41. The smallest absolute Gasteiger partial charge is 0.220 e. The molecule has 1 fully saturated rings. The maximum Gasteiger partial charge on any atom is 0.220 e. The van der Waals surface area contributed by atoms with Gasteiger partial charge in [0.1, 0.15) is 18.2 Å². The van der Waals surface area contributed by atoms with Crippen molar-refractivity contribution in [3.8, 4) is 5.75 Å². The van der Waals surface area contributed by atoms with Crippen LogP contribution in [0.2, 0.25) is 0 Å². The van der Waals surface area contributed by atoms with Crippen LogP contribution in [0.25, 0.3) is 0 Å². The number of ether oxygens (including phenoxy) is 1. The van der Waals surface area contributed by atoms with E-state index in [2.05, 4.69) is 5.32 Å². The molecule has 0 spiro atoms. The lowest BCUT2D eigenvalue weighted by Crippen LogP contribution is -2.31. The highest BCUT2D eigenvalue weighted by molar-refractivity contribution is 5.78. The van der Waals surface area contributed by atoms with Gasteiger partial charge in [0.15, 0.2) is 0 Å². The van der Waals surface area contributed by atoms with E-state index in [1.165, 1.54) is 6.07 Å². The summed E-state index contributed by atoms with van der Waals surface area (Å²) in [4.78, 5) is 11.0. The van der Waals surface area contributed by atoms with Gasteiger partial charge < -0.3 is 15.8 Å². The highest BCUT2D eigenvalue weighted by Crippen LogP contribution is 2.21. The lowest BCUT2D eigenvalue weighted by molar-refractivity contribution is -0.119. The molecule has 1 aromatic rings. The average Bonchev–Trinajstić information content (AvgIpc) is 2.72. The Kier molecular flexibility index (Phi) is 3.58. The number of hydrogen-bond acceptors (Lipinski definition) is 3. The van der Waals surface area contributed by atoms with Crippen LogP contribution in [-0.2, 0) is 11.3 Å². The molecule has 2 rings (SSSR count). The van der Waals surface area contributed by atoms with Crippen molar-refractivity contribution in [2.24, 2.45) is 5.73 Å². The molecule has 1 heterocycles. The first-order valence-electron chi connectivity index (χ1n) is 5.60. The summed E-state index contributed by atoms with van der Waals surface area (Å²) in [5.74, 6) is 0.131. The third kappa shape index (κ3) is 2.74. The van der Waals surface area contributed by atoms with E-state index in [4.69, 9.17) is 10.5 Å². The number of nitrogens with two attached hydrogens (primary N) is 1. The Morgan fingerprint density at radius 2 is 2.35 bits per heavy atom. The fourth-order valence-corrected chi connectivity index (χ4v) is 1.86. The van der Waals surface area contributed by atoms with E-state index in [9.17, 15) is 9.18 Å². The largest absolute Gasteiger partial charge is 0.491 e. The highest BCUT2D eigenvalue weighted by atomic mass is 19.1. The molecule has 1 aliphatic heterocycles. The van der Waals surface area contributed by atoms with E-state index >= 15 is 0 Å². The van der Waals surface area contributed by atoms with Gasteiger partial charge >= 0.3 is 0 Å². The van der Waals surface area contributed by atoms with Gasteiger partial charge in [-0.05, 0) is 18.6 Å². The molecule has 92 valence electrons. The summed E-state index contributed by atoms with van der Waals surface area (Å²) in [5, 5.41) is 2.79. The van der Waals surface area contributed by atoms with Gasteiger partial charge in [0.25, 0.3) is 0 Å². The van der Waals surface area contributed by atoms with Gasteiger partial charge in [-0.2, -0.15) is 0 Å². The number of carbonyl (C=O) groups is 1. The molecule has 0 bridgehead atoms. The second-order valence-electron chi connectivity index (χ2n) is 4.03. The quantitative estimate of drug-likeness (QED) is 0.820. The van der Waals surface area contributed by atoms with Crippen LogP contribution in [0.15, 0.2) is 18.2 Å². The standard InChI is InChI=1S/C12H15FN2O2/c13-10-2-1-3-11(9(10)6-14)17-7-8-4-5-12(16)15-8/h1-3,8H,4-7,14H2,(H,15,16). The lowest BCUT2D eigenvalue weighted by Gasteiger charge is -2.14. The second kappa shape index (κ2) is 5.14. The summed E-state index contributed by atoms with van der Waals surface area (Å²) in [6.45, 7) is 0.446. The van der Waals surface area contributed by atoms with Crippen molar-refractivity contribution in [1.82, 2.24) is 5.32 Å². The molecule has 1 aromatic carbocycles. The molecule has 1 saturated heterocycles. The Hall–Kier alpha value is -1.62. The predicted octanol–water partition coefficient (Wildman–Crippen LogP) is 0.942. The van der Waals surface area contributed by atoms with Gasteiger partial charge in [-0.15, -0.1) is 0 Å². The molecule has 0 radical (unpaired) electrons. The third-order valence-corrected chi connectivity index (χ3v) is 2.80. The number of nitrogens with one attached hydrogen (secondary N) is 1. The van der Waals surface area contributed by atoms with Crippen molar-refractivity contribution in [3.63, 3.8) is 0 Å². The molecule has 1 amide bonds. The van der Waals surface area contributed by atoms with Crippen LogP contribution in [0, 0.1) is 5.82 Å². The van der Waals surface area contributed by atoms with Gasteiger partial charge in [-0.3, -0.25) is 4.79 Å². The Balaban J connectivity index is 1.99. The first kappa shape index (κ1) is 11.9. The first-order valence-corrected chi connectivity index (χ1v) is 5.60. The molecule has 17 heavy (non-hydrogen) atoms. The zero-order chi connectivity index (χ0) is 12.3. The lowest BCUT2D eigenvalue weighted by atomic mass is 10.2. The van der Waals surface area contributed by atoms with Gasteiger partial charge in [-0.25, -0.2) is 4.39 Å². The number of amides is 1. The molecular weight excluding hydrogens is 223 g/mol. The minimum atomic E-state index is -0.361. The zero-order valence-electron chi connectivity index (χ0n) is 9.41. The number of benzene rings is 1. The van der Waals surface area contributed by atoms with Crippen LogP contribution in [0.3, 0.4) is 0 Å². The maximum atomic E-state index is 13.4. The van der Waals surface area contributed by atoms with E-state index < -0.39 is 0 Å². The van der Waals surface area contributed by atoms with Crippen LogP contribution >= 0.6 is 0 Å². The molecule has 0 aliphatic carbocycles. The van der Waals surface area contributed by atoms with Crippen LogP contribution in [-0.4, -0.2) is 18.6 Å². The topological polar surface area (TPSA) is 64.3 Å². The van der Waals surface area contributed by atoms with E-state index in [0.717, 1.165) is 6.42 Å². The van der Waals surface area contributed by atoms with Crippen molar-refractivity contribution in [2.75, 3.05) is 6.61 Å². The number of halogens is 1. The highest BCUT2D eigenvalue weighted by Gasteiger charge is 2.21. The summed E-state index contributed by atoms with van der Waals surface area (Å²) in [7, 11) is 0. The summed E-state index contributed by atoms with van der Waals surface area (Å²) >= 11 is 0. The molecule has 4 nitrogen and oxygen atoms in total. The van der Waals surface area contributed by atoms with Crippen molar-refractivity contribution >= 4 is 5.91 Å². The minimum Gasteiger partial charge on any atom is -0.491 e. The molecule has 3 N–H and O–H groups in total. The van der Waals surface area contributed by atoms with Crippen molar-refractivity contribution in [1.29, 1.82) is 0 Å². The van der Waals surface area contributed by atoms with Gasteiger partial charge in [0.05, 0.1) is 6.04 Å². The predicted molar refractivity (Wildman–Crippen MR) is 61.0 cm³/mol. The molecule has 0 aromatic heterocycles. The molecule has 1 atom stereocenters. The van der Waals surface area contributed by atoms with Gasteiger partial charge in [0, 0.05) is 18.5 Å². The summed E-state index contributed by atoms with van der Waals surface area (Å²) in [5.41, 5.74) is 5.84. The Labute approximate surface area is 98.9 Å². The fraction of sp³-hybridized carbons (Fsp3) is 0.417. The van der Waals surface area contributed by atoms with Crippen LogP contribution in [0.4, 0.5) is 4.39 Å². The first-order chi connectivity index (χ1) is 8.20. The van der Waals surface area contributed by atoms with E-state index in [-0.39, 0.29) is 24.3 Å². The monoisotopic (exact) mass is 238 g/mol. The molecule has 0 saturated carbocycles. The summed E-state index contributed by atoms with van der Waals surface area (Å²) < 4.78 is 18.9. The number of rotatable bonds is 4. The van der Waals surface area contributed by atoms with Crippen LogP contribution in [0.5, 0.6) is 5.75 Å². The van der Waals surface area contributed by atoms with E-state index in [0.29, 0.717) is 24.3 Å². The van der Waals surface area contributed by atoms with Crippen LogP contribution < -0.4 is 15.8 Å². The minimum absolute atomic E-state index is 0.0105. The molecule has 5 heteroatoms. The maximum absolute atomic E-state index is 13.4. The van der Waals surface area contributed by atoms with Crippen molar-refractivity contribution in [2.45, 2.75) is 25.4 Å². The van der Waals surface area contributed by atoms with Gasteiger partial charge in [-0.1, -0.05) is 6.07 Å². The Morgan fingerprint density at radius 1 is 1.53 bits per heavy atom. The van der Waals surface area contributed by atoms with Crippen LogP contribution in [0.1, 0.15) is 18.4 Å². The van der Waals surface area contributed by atoms with E-state index in [1.807, 2.05) is 0 Å². The second-order valence-corrected chi connectivity index (χ2v) is 4.03. The summed E-state index contributed by atoms with van der Waals surface area (Å²) in [6.07, 6.45) is 1.28. The number of hydrogen-bond donors (Lipinski definition) is 2. The SMILES string of the molecule is NCc1c(F)cccc1OCC1CCC(=O)N1. The fourth-order valence-electron chi connectivity index (χ4n) is 1.86.